The minimum atomic E-state index is 0.160. The summed E-state index contributed by atoms with van der Waals surface area (Å²) in [6.45, 7) is 5.98. The lowest BCUT2D eigenvalue weighted by Gasteiger charge is -2.11. The molecule has 0 spiro atoms. The largest absolute Gasteiger partial charge is 0.493 e. The van der Waals surface area contributed by atoms with E-state index in [0.717, 1.165) is 17.8 Å². The van der Waals surface area contributed by atoms with Gasteiger partial charge in [0, 0.05) is 13.1 Å². The first-order valence-electron chi connectivity index (χ1n) is 6.26. The number of aliphatic imine (C=N–C) groups is 2. The van der Waals surface area contributed by atoms with Crippen molar-refractivity contribution in [1.82, 2.24) is 9.13 Å². The Kier molecular flexibility index (Phi) is 3.71. The average molecular weight is 278 g/mol. The minimum absolute atomic E-state index is 0.160. The van der Waals surface area contributed by atoms with Gasteiger partial charge in [0.05, 0.1) is 11.4 Å². The molecule has 1 unspecified atom stereocenters. The normalized spacial score (nSPS) is 18.1. The molecule has 1 aromatic heterocycles. The summed E-state index contributed by atoms with van der Waals surface area (Å²) in [7, 11) is 1.85. The highest BCUT2D eigenvalue weighted by molar-refractivity contribution is 7.71. The van der Waals surface area contributed by atoms with Crippen molar-refractivity contribution in [1.29, 1.82) is 0 Å². The highest BCUT2D eigenvalue weighted by atomic mass is 32.1. The maximum atomic E-state index is 10.4. The molecule has 6 heteroatoms. The number of rotatable bonds is 3. The van der Waals surface area contributed by atoms with Gasteiger partial charge in [0.15, 0.2) is 4.77 Å². The van der Waals surface area contributed by atoms with Crippen LogP contribution in [0.4, 0.5) is 0 Å². The molecular weight excluding hydrogens is 260 g/mol. The van der Waals surface area contributed by atoms with Crippen LogP contribution < -0.4 is 0 Å². The van der Waals surface area contributed by atoms with E-state index in [1.807, 2.05) is 27.0 Å². The zero-order chi connectivity index (χ0) is 14.2. The lowest BCUT2D eigenvalue weighted by Crippen LogP contribution is -2.04. The summed E-state index contributed by atoms with van der Waals surface area (Å²) in [5, 5.41) is 10.4. The third-order valence-electron chi connectivity index (χ3n) is 3.44. The molecule has 0 aromatic carbocycles. The fourth-order valence-electron chi connectivity index (χ4n) is 1.98. The summed E-state index contributed by atoms with van der Waals surface area (Å²) in [6, 6.07) is 0.160. The van der Waals surface area contributed by atoms with Crippen LogP contribution in [0.5, 0.6) is 5.88 Å². The molecule has 2 rings (SSSR count). The van der Waals surface area contributed by atoms with Crippen LogP contribution in [0.3, 0.4) is 0 Å². The molecule has 5 nitrogen and oxygen atoms in total. The Hall–Kier alpha value is -1.69. The van der Waals surface area contributed by atoms with E-state index in [1.165, 1.54) is 6.34 Å². The predicted molar refractivity (Wildman–Crippen MR) is 80.5 cm³/mol. The molecular formula is C13H18N4OS. The van der Waals surface area contributed by atoms with Gasteiger partial charge in [-0.05, 0) is 38.6 Å². The Morgan fingerprint density at radius 3 is 2.74 bits per heavy atom. The second-order valence-corrected chi connectivity index (χ2v) is 5.03. The predicted octanol–water partition coefficient (Wildman–Crippen LogP) is 3.08. The second-order valence-electron chi connectivity index (χ2n) is 4.67. The summed E-state index contributed by atoms with van der Waals surface area (Å²) in [5.41, 5.74) is 2.25. The zero-order valence-corrected chi connectivity index (χ0v) is 12.4. The van der Waals surface area contributed by atoms with Gasteiger partial charge in [-0.15, -0.1) is 0 Å². The van der Waals surface area contributed by atoms with E-state index in [-0.39, 0.29) is 11.9 Å². The number of hydrogen-bond donors (Lipinski definition) is 1. The first-order valence-corrected chi connectivity index (χ1v) is 6.67. The van der Waals surface area contributed by atoms with Crippen LogP contribution in [0, 0.1) is 4.77 Å². The Morgan fingerprint density at radius 2 is 2.21 bits per heavy atom. The smallest absolute Gasteiger partial charge is 0.218 e. The van der Waals surface area contributed by atoms with Gasteiger partial charge in [-0.3, -0.25) is 4.57 Å². The third kappa shape index (κ3) is 2.28. The molecule has 0 aliphatic carbocycles. The second kappa shape index (κ2) is 5.13. The van der Waals surface area contributed by atoms with E-state index in [9.17, 15) is 5.11 Å². The van der Waals surface area contributed by atoms with Gasteiger partial charge in [-0.2, -0.15) is 0 Å². The van der Waals surface area contributed by atoms with Crippen molar-refractivity contribution in [3.8, 4) is 5.88 Å². The summed E-state index contributed by atoms with van der Waals surface area (Å²) >= 11 is 5.38. The summed E-state index contributed by atoms with van der Waals surface area (Å²) < 4.78 is 4.17. The van der Waals surface area contributed by atoms with Crippen molar-refractivity contribution in [2.75, 3.05) is 0 Å². The average Bonchev–Trinajstić information content (AvgIpc) is 2.87. The van der Waals surface area contributed by atoms with E-state index in [2.05, 4.69) is 16.9 Å². The van der Waals surface area contributed by atoms with Crippen molar-refractivity contribution < 1.29 is 5.11 Å². The Labute approximate surface area is 117 Å². The van der Waals surface area contributed by atoms with E-state index in [1.54, 1.807) is 9.13 Å². The highest BCUT2D eigenvalue weighted by Gasteiger charge is 2.18. The van der Waals surface area contributed by atoms with E-state index in [0.29, 0.717) is 10.5 Å². The molecule has 0 radical (unpaired) electrons. The van der Waals surface area contributed by atoms with Crippen LogP contribution in [-0.4, -0.2) is 26.3 Å². The third-order valence-corrected chi connectivity index (χ3v) is 3.91. The minimum Gasteiger partial charge on any atom is -0.493 e. The van der Waals surface area contributed by atoms with Gasteiger partial charge in [0.25, 0.3) is 0 Å². The van der Waals surface area contributed by atoms with Crippen molar-refractivity contribution in [3.05, 3.63) is 16.2 Å². The number of aromatic hydroxyl groups is 1. The molecule has 0 amide bonds. The quantitative estimate of drug-likeness (QED) is 0.864. The van der Waals surface area contributed by atoms with E-state index in [4.69, 9.17) is 12.2 Å². The SMILES string of the molecule is CCC(C)n1c(O)c(/C=C2\N=CN=C2C)n(C)c1=S. The van der Waals surface area contributed by atoms with Gasteiger partial charge < -0.3 is 9.67 Å². The van der Waals surface area contributed by atoms with E-state index < -0.39 is 0 Å². The summed E-state index contributed by atoms with van der Waals surface area (Å²) in [6.07, 6.45) is 4.23. The summed E-state index contributed by atoms with van der Waals surface area (Å²) in [5.74, 6) is 0.184. The zero-order valence-electron chi connectivity index (χ0n) is 11.6. The first-order chi connectivity index (χ1) is 8.97. The Morgan fingerprint density at radius 1 is 1.53 bits per heavy atom. The fourth-order valence-corrected chi connectivity index (χ4v) is 2.34. The maximum absolute atomic E-state index is 10.4. The van der Waals surface area contributed by atoms with Crippen LogP contribution in [-0.2, 0) is 7.05 Å². The molecule has 1 aliphatic rings. The number of imidazole rings is 1. The van der Waals surface area contributed by atoms with Gasteiger partial charge in [0.1, 0.15) is 12.0 Å². The number of hydrogen-bond acceptors (Lipinski definition) is 4. The Bertz CT molecular complexity index is 648. The highest BCUT2D eigenvalue weighted by Crippen LogP contribution is 2.28. The van der Waals surface area contributed by atoms with Crippen LogP contribution in [0.25, 0.3) is 6.08 Å². The van der Waals surface area contributed by atoms with Crippen LogP contribution in [0.1, 0.15) is 38.9 Å². The monoisotopic (exact) mass is 278 g/mol. The first kappa shape index (κ1) is 13.7. The molecule has 1 aliphatic heterocycles. The molecule has 1 atom stereocenters. The molecule has 1 aromatic rings. The molecule has 19 heavy (non-hydrogen) atoms. The molecule has 1 N–H and O–H groups in total. The van der Waals surface area contributed by atoms with E-state index >= 15 is 0 Å². The number of allylic oxidation sites excluding steroid dienone is 1. The molecule has 0 saturated heterocycles. The Balaban J connectivity index is 2.58. The number of aromatic nitrogens is 2. The van der Waals surface area contributed by atoms with Crippen molar-refractivity contribution in [2.24, 2.45) is 17.0 Å². The summed E-state index contributed by atoms with van der Waals surface area (Å²) in [4.78, 5) is 8.25. The van der Waals surface area contributed by atoms with Crippen molar-refractivity contribution >= 4 is 30.3 Å². The van der Waals surface area contributed by atoms with Gasteiger partial charge in [0.2, 0.25) is 5.88 Å². The van der Waals surface area contributed by atoms with Crippen LogP contribution in [0.15, 0.2) is 15.7 Å². The van der Waals surface area contributed by atoms with Crippen LogP contribution >= 0.6 is 12.2 Å². The molecule has 0 fully saturated rings. The molecule has 0 bridgehead atoms. The number of nitrogens with zero attached hydrogens (tertiary/aromatic N) is 4. The van der Waals surface area contributed by atoms with Crippen molar-refractivity contribution in [2.45, 2.75) is 33.2 Å². The lowest BCUT2D eigenvalue weighted by molar-refractivity contribution is 0.383. The molecule has 2 heterocycles. The molecule has 0 saturated carbocycles. The fraction of sp³-hybridized carbons (Fsp3) is 0.462. The van der Waals surface area contributed by atoms with Crippen molar-refractivity contribution in [3.63, 3.8) is 0 Å². The topological polar surface area (TPSA) is 54.8 Å². The van der Waals surface area contributed by atoms with Gasteiger partial charge in [-0.25, -0.2) is 9.98 Å². The van der Waals surface area contributed by atoms with Crippen LogP contribution in [0.2, 0.25) is 0 Å². The standard InChI is InChI=1S/C13H18N4OS/c1-5-8(2)17-12(18)11(16(4)13(17)19)6-10-9(3)14-7-15-10/h6-8,18H,5H2,1-4H3/b10-6-. The lowest BCUT2D eigenvalue weighted by atomic mass is 10.2. The maximum Gasteiger partial charge on any atom is 0.218 e. The van der Waals surface area contributed by atoms with Gasteiger partial charge >= 0.3 is 0 Å². The molecule has 102 valence electrons. The van der Waals surface area contributed by atoms with Gasteiger partial charge in [-0.1, -0.05) is 6.92 Å².